The Morgan fingerprint density at radius 2 is 1.51 bits per heavy atom. The lowest BCUT2D eigenvalue weighted by molar-refractivity contribution is -0.189. The van der Waals surface area contributed by atoms with Crippen LogP contribution in [-0.4, -0.2) is 56.6 Å². The van der Waals surface area contributed by atoms with Gasteiger partial charge in [-0.05, 0) is 111 Å². The molecule has 8 aliphatic carbocycles. The number of carbonyl (C=O) groups excluding carboxylic acids is 3. The molecule has 1 aliphatic heterocycles. The number of Topliss-reactive ketones (excluding diaryl/α,β-unsaturated/α-hetero) is 1. The van der Waals surface area contributed by atoms with Gasteiger partial charge >= 0.3 is 5.97 Å². The van der Waals surface area contributed by atoms with Crippen molar-refractivity contribution in [2.24, 2.45) is 50.2 Å². The van der Waals surface area contributed by atoms with Crippen LogP contribution >= 0.6 is 0 Å². The number of benzene rings is 2. The van der Waals surface area contributed by atoms with Crippen LogP contribution in [0.1, 0.15) is 130 Å². The molecule has 0 radical (unpaired) electrons. The molecule has 1 heterocycles. The molecule has 9 aliphatic rings. The van der Waals surface area contributed by atoms with E-state index in [2.05, 4.69) is 56.3 Å². The van der Waals surface area contributed by atoms with Gasteiger partial charge < -0.3 is 19.8 Å². The van der Waals surface area contributed by atoms with Gasteiger partial charge in [-0.15, -0.1) is 0 Å². The summed E-state index contributed by atoms with van der Waals surface area (Å²) in [5.74, 6) is 0.0753. The number of ether oxygens (including phenoxy) is 1. The fourth-order valence-corrected chi connectivity index (χ4v) is 15.3. The number of fused-ring (bicyclic) bond motifs is 4. The maximum Gasteiger partial charge on any atom is 0.313 e. The SMILES string of the molecule is CC1(C)[C@@]2(C)CC[C@]1(C(=O)N(Cc1cccc3ccccc13)C[C@]1(O)CC[C@H]3[C@]45C=C[C@@]6(C=C4C(=O)C4CCCCC4)CC(O)CC[C@]6(C)[C@H]5CC[C@@]31C)OC2=O. The number of aliphatic hydroxyl groups excluding tert-OH is 1. The zero-order chi connectivity index (χ0) is 40.0. The van der Waals surface area contributed by atoms with Crippen molar-refractivity contribution in [3.63, 3.8) is 0 Å². The van der Waals surface area contributed by atoms with Crippen molar-refractivity contribution in [2.45, 2.75) is 148 Å². The molecule has 2 spiro atoms. The van der Waals surface area contributed by atoms with Crippen LogP contribution in [0, 0.1) is 50.2 Å². The first kappa shape index (κ1) is 37.9. The first-order valence-electron chi connectivity index (χ1n) is 22.4. The predicted octanol–water partition coefficient (Wildman–Crippen LogP) is 9.03. The number of nitrogens with zero attached hydrogens (tertiary/aromatic N) is 1. The van der Waals surface area contributed by atoms with Crippen molar-refractivity contribution in [3.8, 4) is 0 Å². The number of carbonyl (C=O) groups is 3. The second-order valence-electron chi connectivity index (χ2n) is 21.5. The Bertz CT molecular complexity index is 2130. The Balaban J connectivity index is 1.07. The lowest BCUT2D eigenvalue weighted by atomic mass is 9.32. The van der Waals surface area contributed by atoms with E-state index in [1.807, 2.05) is 43.9 Å². The number of allylic oxidation sites excluding steroid dienone is 4. The second-order valence-corrected chi connectivity index (χ2v) is 21.5. The van der Waals surface area contributed by atoms with Crippen molar-refractivity contribution in [2.75, 3.05) is 6.54 Å². The standard InChI is InChI=1S/C50H63NO6/c1-43(2)46(5)24-27-50(43,57-42(46)55)41(54)51(30-34-16-11-15-32-12-9-10-17-36(32)34)31-48(56)23-20-39-45(48,4)22-19-38-44(3)21-18-35(52)28-47(44)25-26-49(38,39)37(29-47)40(53)33-13-7-6-8-14-33/h9-12,15-17,25-26,29,33,35,38-39,52,56H,6-8,13-14,18-24,27-28,30-31H2,1-5H3/t35?,38-,39-,44-,45+,46+,47+,48-,49-,50-/m1/s1. The Hall–Kier alpha value is -3.29. The van der Waals surface area contributed by atoms with E-state index in [1.54, 1.807) is 0 Å². The maximum absolute atomic E-state index is 15.5. The number of esters is 1. The average molecular weight is 774 g/mol. The average Bonchev–Trinajstić information content (AvgIpc) is 3.65. The highest BCUT2D eigenvalue weighted by Gasteiger charge is 2.78. The minimum absolute atomic E-state index is 0.00829. The topological polar surface area (TPSA) is 104 Å². The number of amides is 1. The number of hydrogen-bond donors (Lipinski definition) is 2. The summed E-state index contributed by atoms with van der Waals surface area (Å²) in [6, 6.07) is 14.4. The van der Waals surface area contributed by atoms with Gasteiger partial charge in [0.2, 0.25) is 0 Å². The molecule has 1 amide bonds. The van der Waals surface area contributed by atoms with Crippen LogP contribution in [0.2, 0.25) is 0 Å². The summed E-state index contributed by atoms with van der Waals surface area (Å²) in [6.45, 7) is 11.1. The number of hydrogen-bond acceptors (Lipinski definition) is 6. The van der Waals surface area contributed by atoms with E-state index >= 15 is 9.59 Å². The molecule has 2 aromatic carbocycles. The van der Waals surface area contributed by atoms with Gasteiger partial charge in [-0.2, -0.15) is 0 Å². The molecule has 7 nitrogen and oxygen atoms in total. The Kier molecular flexibility index (Phi) is 8.09. The molecule has 304 valence electrons. The molecular weight excluding hydrogens is 711 g/mol. The quantitative estimate of drug-likeness (QED) is 0.215. The van der Waals surface area contributed by atoms with Crippen LogP contribution in [0.25, 0.3) is 10.8 Å². The molecule has 57 heavy (non-hydrogen) atoms. The number of aliphatic hydroxyl groups is 2. The van der Waals surface area contributed by atoms with Gasteiger partial charge in [-0.1, -0.05) is 108 Å². The van der Waals surface area contributed by atoms with E-state index in [1.165, 1.54) is 6.42 Å². The van der Waals surface area contributed by atoms with Gasteiger partial charge in [-0.3, -0.25) is 14.4 Å². The lowest BCUT2D eigenvalue weighted by Crippen LogP contribution is -2.68. The third-order valence-corrected chi connectivity index (χ3v) is 19.4. The predicted molar refractivity (Wildman–Crippen MR) is 219 cm³/mol. The lowest BCUT2D eigenvalue weighted by Gasteiger charge is -2.71. The summed E-state index contributed by atoms with van der Waals surface area (Å²) in [7, 11) is 0. The molecule has 1 unspecified atom stereocenters. The fraction of sp³-hybridized carbons (Fsp3) is 0.660. The molecule has 2 N–H and O–H groups in total. The first-order chi connectivity index (χ1) is 27.0. The first-order valence-corrected chi connectivity index (χ1v) is 22.4. The van der Waals surface area contributed by atoms with Crippen LogP contribution in [0.5, 0.6) is 0 Å². The van der Waals surface area contributed by atoms with Crippen molar-refractivity contribution < 1.29 is 29.3 Å². The molecule has 10 atom stereocenters. The largest absolute Gasteiger partial charge is 0.448 e. The molecular formula is C50H63NO6. The van der Waals surface area contributed by atoms with Gasteiger partial charge in [0.15, 0.2) is 11.4 Å². The van der Waals surface area contributed by atoms with E-state index < -0.39 is 32.9 Å². The number of rotatable bonds is 7. The maximum atomic E-state index is 15.5. The summed E-state index contributed by atoms with van der Waals surface area (Å²) in [5, 5.41) is 26.8. The fourth-order valence-electron chi connectivity index (χ4n) is 15.3. The van der Waals surface area contributed by atoms with Crippen molar-refractivity contribution in [1.29, 1.82) is 0 Å². The van der Waals surface area contributed by atoms with Crippen LogP contribution < -0.4 is 0 Å². The zero-order valence-electron chi connectivity index (χ0n) is 34.9. The monoisotopic (exact) mass is 773 g/mol. The summed E-state index contributed by atoms with van der Waals surface area (Å²) in [6.07, 6.45) is 18.4. The van der Waals surface area contributed by atoms with Gasteiger partial charge in [-0.25, -0.2) is 0 Å². The third-order valence-electron chi connectivity index (χ3n) is 19.4. The second kappa shape index (κ2) is 12.1. The van der Waals surface area contributed by atoms with E-state index in [9.17, 15) is 15.0 Å². The minimum atomic E-state index is -1.31. The summed E-state index contributed by atoms with van der Waals surface area (Å²) >= 11 is 0. The van der Waals surface area contributed by atoms with E-state index in [0.29, 0.717) is 31.5 Å². The highest BCUT2D eigenvalue weighted by Crippen LogP contribution is 2.78. The smallest absolute Gasteiger partial charge is 0.313 e. The van der Waals surface area contributed by atoms with Crippen LogP contribution in [0.3, 0.4) is 0 Å². The molecule has 4 bridgehead atoms. The van der Waals surface area contributed by atoms with Crippen molar-refractivity contribution in [1.82, 2.24) is 4.90 Å². The van der Waals surface area contributed by atoms with Gasteiger partial charge in [0.25, 0.3) is 5.91 Å². The van der Waals surface area contributed by atoms with Crippen LogP contribution in [0.15, 0.2) is 66.3 Å². The van der Waals surface area contributed by atoms with Crippen molar-refractivity contribution >= 4 is 28.4 Å². The van der Waals surface area contributed by atoms with E-state index in [-0.39, 0.29) is 59.7 Å². The summed E-state index contributed by atoms with van der Waals surface area (Å²) in [5.41, 5.74) is -3.61. The molecule has 5 saturated carbocycles. The summed E-state index contributed by atoms with van der Waals surface area (Å²) < 4.78 is 6.26. The van der Waals surface area contributed by atoms with Crippen LogP contribution in [-0.2, 0) is 25.7 Å². The highest BCUT2D eigenvalue weighted by atomic mass is 16.6. The molecule has 6 fully saturated rings. The van der Waals surface area contributed by atoms with E-state index in [4.69, 9.17) is 4.74 Å². The van der Waals surface area contributed by atoms with Gasteiger partial charge in [0, 0.05) is 39.7 Å². The number of ketones is 1. The molecule has 11 rings (SSSR count). The van der Waals surface area contributed by atoms with Crippen molar-refractivity contribution in [3.05, 3.63) is 71.8 Å². The highest BCUT2D eigenvalue weighted by molar-refractivity contribution is 6.00. The Labute approximate surface area is 338 Å². The van der Waals surface area contributed by atoms with Gasteiger partial charge in [0.1, 0.15) is 0 Å². The normalized spacial score (nSPS) is 43.9. The van der Waals surface area contributed by atoms with Gasteiger partial charge in [0.05, 0.1) is 23.7 Å². The molecule has 2 aromatic rings. The van der Waals surface area contributed by atoms with Crippen LogP contribution in [0.4, 0.5) is 0 Å². The zero-order valence-corrected chi connectivity index (χ0v) is 34.9. The Morgan fingerprint density at radius 3 is 2.25 bits per heavy atom. The Morgan fingerprint density at radius 1 is 0.807 bits per heavy atom. The summed E-state index contributed by atoms with van der Waals surface area (Å²) in [4.78, 5) is 46.0. The molecule has 7 heteroatoms. The van der Waals surface area contributed by atoms with E-state index in [0.717, 1.165) is 79.7 Å². The molecule has 1 saturated heterocycles. The minimum Gasteiger partial charge on any atom is -0.448 e. The third kappa shape index (κ3) is 4.60. The molecule has 0 aromatic heterocycles.